The van der Waals surface area contributed by atoms with Crippen LogP contribution in [0.1, 0.15) is 51.1 Å². The molecule has 7 nitrogen and oxygen atoms in total. The van der Waals surface area contributed by atoms with Crippen LogP contribution in [0.3, 0.4) is 0 Å². The molecule has 0 radical (unpaired) electrons. The molecule has 0 spiro atoms. The maximum Gasteiger partial charge on any atom is 0.339 e. The molecule has 1 aromatic carbocycles. The van der Waals surface area contributed by atoms with Gasteiger partial charge in [0, 0.05) is 6.54 Å². The van der Waals surface area contributed by atoms with Gasteiger partial charge in [-0.3, -0.25) is 9.59 Å². The molecule has 0 unspecified atom stereocenters. The van der Waals surface area contributed by atoms with Gasteiger partial charge in [-0.15, -0.1) is 0 Å². The molecule has 1 heterocycles. The highest BCUT2D eigenvalue weighted by atomic mass is 16.5. The number of carbonyl (C=O) groups is 3. The first kappa shape index (κ1) is 19.1. The average Bonchev–Trinajstić information content (AvgIpc) is 2.68. The molecule has 0 saturated heterocycles. The van der Waals surface area contributed by atoms with Crippen molar-refractivity contribution in [1.29, 1.82) is 0 Å². The van der Waals surface area contributed by atoms with Crippen LogP contribution in [-0.2, 0) is 4.74 Å². The van der Waals surface area contributed by atoms with Crippen molar-refractivity contribution in [3.63, 3.8) is 0 Å². The second-order valence-corrected chi connectivity index (χ2v) is 5.51. The van der Waals surface area contributed by atoms with Crippen LogP contribution in [0.2, 0.25) is 0 Å². The zero-order chi connectivity index (χ0) is 18.9. The summed E-state index contributed by atoms with van der Waals surface area (Å²) in [6.45, 7) is 2.58. The van der Waals surface area contributed by atoms with Crippen LogP contribution < -0.4 is 10.6 Å². The number of methoxy groups -OCH3 is 1. The van der Waals surface area contributed by atoms with Gasteiger partial charge in [0.2, 0.25) is 0 Å². The van der Waals surface area contributed by atoms with E-state index in [2.05, 4.69) is 15.6 Å². The molecule has 0 aliphatic rings. The van der Waals surface area contributed by atoms with Crippen LogP contribution in [0.4, 0.5) is 5.69 Å². The number of pyridine rings is 1. The van der Waals surface area contributed by atoms with Crippen molar-refractivity contribution in [3.8, 4) is 0 Å². The Bertz CT molecular complexity index is 805. The number of aromatic nitrogens is 1. The van der Waals surface area contributed by atoms with E-state index in [1.807, 2.05) is 6.92 Å². The smallest absolute Gasteiger partial charge is 0.339 e. The van der Waals surface area contributed by atoms with Crippen LogP contribution in [0.15, 0.2) is 42.5 Å². The molecule has 0 aliphatic heterocycles. The number of hydrogen-bond donors (Lipinski definition) is 2. The molecule has 7 heteroatoms. The summed E-state index contributed by atoms with van der Waals surface area (Å²) >= 11 is 0. The summed E-state index contributed by atoms with van der Waals surface area (Å²) in [4.78, 5) is 40.4. The number of hydrogen-bond acceptors (Lipinski definition) is 5. The molecular formula is C19H21N3O4. The summed E-state index contributed by atoms with van der Waals surface area (Å²) in [7, 11) is 1.27. The Morgan fingerprint density at radius 3 is 2.38 bits per heavy atom. The fourth-order valence-corrected chi connectivity index (χ4v) is 2.22. The van der Waals surface area contributed by atoms with Gasteiger partial charge >= 0.3 is 5.97 Å². The predicted molar refractivity (Wildman–Crippen MR) is 97.2 cm³/mol. The predicted octanol–water partition coefficient (Wildman–Crippen LogP) is 2.65. The molecule has 2 rings (SSSR count). The lowest BCUT2D eigenvalue weighted by atomic mass is 10.1. The molecule has 0 aliphatic carbocycles. The van der Waals surface area contributed by atoms with Crippen LogP contribution in [0.25, 0.3) is 0 Å². The third-order valence-corrected chi connectivity index (χ3v) is 3.61. The Morgan fingerprint density at radius 2 is 1.69 bits per heavy atom. The van der Waals surface area contributed by atoms with Gasteiger partial charge < -0.3 is 15.4 Å². The van der Waals surface area contributed by atoms with Gasteiger partial charge in [-0.2, -0.15) is 0 Å². The lowest BCUT2D eigenvalue weighted by Crippen LogP contribution is -2.26. The lowest BCUT2D eigenvalue weighted by molar-refractivity contribution is 0.0601. The van der Waals surface area contributed by atoms with Crippen molar-refractivity contribution < 1.29 is 19.1 Å². The van der Waals surface area contributed by atoms with Gasteiger partial charge in [0.05, 0.1) is 18.4 Å². The number of nitrogens with zero attached hydrogens (tertiary/aromatic N) is 1. The molecule has 1 aromatic heterocycles. The molecule has 0 saturated carbocycles. The Morgan fingerprint density at radius 1 is 1.00 bits per heavy atom. The number of anilines is 1. The quantitative estimate of drug-likeness (QED) is 0.588. The van der Waals surface area contributed by atoms with E-state index in [4.69, 9.17) is 4.74 Å². The Kier molecular flexibility index (Phi) is 6.84. The summed E-state index contributed by atoms with van der Waals surface area (Å²) in [6.07, 6.45) is 1.84. The average molecular weight is 355 g/mol. The van der Waals surface area contributed by atoms with Gasteiger partial charge in [-0.05, 0) is 30.7 Å². The van der Waals surface area contributed by atoms with Gasteiger partial charge in [0.15, 0.2) is 0 Å². The molecule has 2 amide bonds. The van der Waals surface area contributed by atoms with Crippen molar-refractivity contribution in [2.45, 2.75) is 19.8 Å². The molecule has 136 valence electrons. The lowest BCUT2D eigenvalue weighted by Gasteiger charge is -2.10. The number of carbonyl (C=O) groups excluding carboxylic acids is 3. The van der Waals surface area contributed by atoms with Crippen molar-refractivity contribution >= 4 is 23.5 Å². The maximum absolute atomic E-state index is 12.5. The zero-order valence-corrected chi connectivity index (χ0v) is 14.7. The van der Waals surface area contributed by atoms with Crippen molar-refractivity contribution in [2.24, 2.45) is 0 Å². The van der Waals surface area contributed by atoms with E-state index in [1.165, 1.54) is 13.2 Å². The summed E-state index contributed by atoms with van der Waals surface area (Å²) in [6, 6.07) is 11.1. The highest BCUT2D eigenvalue weighted by molar-refractivity contribution is 6.07. The first-order chi connectivity index (χ1) is 12.6. The molecule has 0 fully saturated rings. The number of rotatable bonds is 7. The summed E-state index contributed by atoms with van der Waals surface area (Å²) < 4.78 is 4.70. The second kappa shape index (κ2) is 9.31. The van der Waals surface area contributed by atoms with Gasteiger partial charge in [0.25, 0.3) is 11.8 Å². The van der Waals surface area contributed by atoms with E-state index in [0.29, 0.717) is 12.2 Å². The van der Waals surface area contributed by atoms with Gasteiger partial charge in [-0.1, -0.05) is 31.5 Å². The zero-order valence-electron chi connectivity index (χ0n) is 14.7. The minimum Gasteiger partial charge on any atom is -0.465 e. The van der Waals surface area contributed by atoms with Crippen molar-refractivity contribution in [1.82, 2.24) is 10.3 Å². The monoisotopic (exact) mass is 355 g/mol. The minimum absolute atomic E-state index is 0.0767. The molecule has 26 heavy (non-hydrogen) atoms. The highest BCUT2D eigenvalue weighted by Crippen LogP contribution is 2.17. The van der Waals surface area contributed by atoms with Crippen LogP contribution in [-0.4, -0.2) is 36.4 Å². The summed E-state index contributed by atoms with van der Waals surface area (Å²) in [5.41, 5.74) is 0.781. The largest absolute Gasteiger partial charge is 0.465 e. The molecular weight excluding hydrogens is 334 g/mol. The first-order valence-corrected chi connectivity index (χ1v) is 8.30. The SMILES string of the molecule is CCCCNC(=O)c1cccc(C(=O)Nc2ccccc2C(=O)OC)n1. The first-order valence-electron chi connectivity index (χ1n) is 8.30. The highest BCUT2D eigenvalue weighted by Gasteiger charge is 2.16. The number of unbranched alkanes of at least 4 members (excludes halogenated alkanes) is 1. The van der Waals surface area contributed by atoms with E-state index >= 15 is 0 Å². The normalized spacial score (nSPS) is 10.1. The molecule has 0 atom stereocenters. The maximum atomic E-state index is 12.5. The second-order valence-electron chi connectivity index (χ2n) is 5.51. The van der Waals surface area contributed by atoms with Crippen molar-refractivity contribution in [2.75, 3.05) is 19.0 Å². The minimum atomic E-state index is -0.557. The van der Waals surface area contributed by atoms with Crippen LogP contribution >= 0.6 is 0 Å². The Hall–Kier alpha value is -3.22. The standard InChI is InChI=1S/C19H21N3O4/c1-3-4-12-20-17(23)15-10-7-11-16(21-15)18(24)22-14-9-6-5-8-13(14)19(25)26-2/h5-11H,3-4,12H2,1-2H3,(H,20,23)(H,22,24). The number of amides is 2. The van der Waals surface area contributed by atoms with E-state index in [9.17, 15) is 14.4 Å². The van der Waals surface area contributed by atoms with Crippen LogP contribution in [0, 0.1) is 0 Å². The Labute approximate surface area is 151 Å². The fourth-order valence-electron chi connectivity index (χ4n) is 2.22. The third-order valence-electron chi connectivity index (χ3n) is 3.61. The van der Waals surface area contributed by atoms with Gasteiger partial charge in [-0.25, -0.2) is 9.78 Å². The van der Waals surface area contributed by atoms with E-state index in [-0.39, 0.29) is 22.9 Å². The van der Waals surface area contributed by atoms with Gasteiger partial charge in [0.1, 0.15) is 11.4 Å². The topological polar surface area (TPSA) is 97.4 Å². The number of para-hydroxylation sites is 1. The molecule has 2 N–H and O–H groups in total. The summed E-state index contributed by atoms with van der Waals surface area (Å²) in [5.74, 6) is -1.41. The Balaban J connectivity index is 2.15. The van der Waals surface area contributed by atoms with E-state index in [0.717, 1.165) is 12.8 Å². The molecule has 0 bridgehead atoms. The third kappa shape index (κ3) is 4.89. The van der Waals surface area contributed by atoms with E-state index < -0.39 is 11.9 Å². The van der Waals surface area contributed by atoms with Crippen molar-refractivity contribution in [3.05, 3.63) is 59.4 Å². The number of benzene rings is 1. The number of nitrogens with one attached hydrogen (secondary N) is 2. The van der Waals surface area contributed by atoms with E-state index in [1.54, 1.807) is 36.4 Å². The number of ether oxygens (including phenoxy) is 1. The summed E-state index contributed by atoms with van der Waals surface area (Å²) in [5, 5.41) is 5.38. The number of esters is 1. The molecule has 2 aromatic rings. The fraction of sp³-hybridized carbons (Fsp3) is 0.263. The van der Waals surface area contributed by atoms with Crippen LogP contribution in [0.5, 0.6) is 0 Å².